The van der Waals surface area contributed by atoms with Crippen LogP contribution in [0.25, 0.3) is 5.69 Å². The van der Waals surface area contributed by atoms with Gasteiger partial charge in [0.1, 0.15) is 0 Å². The van der Waals surface area contributed by atoms with Crippen LogP contribution in [0.15, 0.2) is 53.7 Å². The van der Waals surface area contributed by atoms with E-state index in [1.54, 1.807) is 4.68 Å². The number of aromatic nitrogens is 4. The van der Waals surface area contributed by atoms with Gasteiger partial charge in [-0.3, -0.25) is 4.79 Å². The molecule has 0 saturated carbocycles. The second-order valence-corrected chi connectivity index (χ2v) is 7.05. The van der Waals surface area contributed by atoms with E-state index >= 15 is 0 Å². The number of carbonyl (C=O) groups excluding carboxylic acids is 1. The van der Waals surface area contributed by atoms with Gasteiger partial charge in [0.2, 0.25) is 11.1 Å². The number of thioether (sulfide) groups is 1. The van der Waals surface area contributed by atoms with Gasteiger partial charge < -0.3 is 4.90 Å². The summed E-state index contributed by atoms with van der Waals surface area (Å²) in [5.74, 6) is 0.387. The number of nitrogens with zero attached hydrogens (tertiary/aromatic N) is 5. The maximum absolute atomic E-state index is 12.7. The summed E-state index contributed by atoms with van der Waals surface area (Å²) in [7, 11) is 0. The Morgan fingerprint density at radius 3 is 2.77 bits per heavy atom. The van der Waals surface area contributed by atoms with E-state index in [0.717, 1.165) is 30.8 Å². The van der Waals surface area contributed by atoms with Crippen molar-refractivity contribution in [1.82, 2.24) is 20.2 Å². The van der Waals surface area contributed by atoms with Crippen LogP contribution in [0.2, 0.25) is 0 Å². The van der Waals surface area contributed by atoms with E-state index in [0.29, 0.717) is 10.9 Å². The second-order valence-electron chi connectivity index (χ2n) is 6.11. The van der Waals surface area contributed by atoms with Crippen LogP contribution in [0.3, 0.4) is 0 Å². The molecule has 0 saturated heterocycles. The molecule has 0 atom stereocenters. The summed E-state index contributed by atoms with van der Waals surface area (Å²) >= 11 is 1.36. The van der Waals surface area contributed by atoms with Crippen LogP contribution < -0.4 is 4.90 Å². The summed E-state index contributed by atoms with van der Waals surface area (Å²) in [6.07, 6.45) is 1.90. The lowest BCUT2D eigenvalue weighted by Gasteiger charge is -2.16. The Balaban J connectivity index is 1.46. The van der Waals surface area contributed by atoms with Gasteiger partial charge in [0.25, 0.3) is 0 Å². The Morgan fingerprint density at radius 1 is 1.15 bits per heavy atom. The van der Waals surface area contributed by atoms with Crippen LogP contribution in [0.5, 0.6) is 0 Å². The first-order valence-corrected chi connectivity index (χ1v) is 9.63. The summed E-state index contributed by atoms with van der Waals surface area (Å²) in [5, 5.41) is 12.5. The Labute approximate surface area is 156 Å². The molecule has 1 amide bonds. The fourth-order valence-electron chi connectivity index (χ4n) is 3.11. The van der Waals surface area contributed by atoms with Gasteiger partial charge in [-0.05, 0) is 52.6 Å². The van der Waals surface area contributed by atoms with Crippen molar-refractivity contribution in [1.29, 1.82) is 0 Å². The van der Waals surface area contributed by atoms with Crippen molar-refractivity contribution in [3.8, 4) is 5.69 Å². The molecule has 26 heavy (non-hydrogen) atoms. The van der Waals surface area contributed by atoms with Gasteiger partial charge in [0.15, 0.2) is 0 Å². The number of tetrazole rings is 1. The van der Waals surface area contributed by atoms with Crippen molar-refractivity contribution < 1.29 is 4.79 Å². The lowest BCUT2D eigenvalue weighted by Crippen LogP contribution is -2.30. The van der Waals surface area contributed by atoms with Crippen molar-refractivity contribution in [2.75, 3.05) is 17.2 Å². The SMILES string of the molecule is CCc1ccc(-n2nnnc2SCC(=O)N2CCc3ccccc32)cc1. The van der Waals surface area contributed by atoms with E-state index in [-0.39, 0.29) is 5.91 Å². The predicted octanol–water partition coefficient (Wildman–Crippen LogP) is 2.91. The minimum Gasteiger partial charge on any atom is -0.311 e. The molecule has 1 aliphatic heterocycles. The lowest BCUT2D eigenvalue weighted by molar-refractivity contribution is -0.116. The molecule has 1 aromatic heterocycles. The number of rotatable bonds is 5. The lowest BCUT2D eigenvalue weighted by atomic mass is 10.1. The van der Waals surface area contributed by atoms with Crippen molar-refractivity contribution in [3.63, 3.8) is 0 Å². The maximum atomic E-state index is 12.7. The van der Waals surface area contributed by atoms with Gasteiger partial charge in [-0.15, -0.1) is 5.10 Å². The minimum absolute atomic E-state index is 0.0795. The van der Waals surface area contributed by atoms with Gasteiger partial charge in [0.05, 0.1) is 11.4 Å². The highest BCUT2D eigenvalue weighted by Crippen LogP contribution is 2.28. The number of aryl methyl sites for hydroxylation is 1. The highest BCUT2D eigenvalue weighted by atomic mass is 32.2. The van der Waals surface area contributed by atoms with Crippen molar-refractivity contribution in [2.45, 2.75) is 24.9 Å². The molecule has 132 valence electrons. The van der Waals surface area contributed by atoms with E-state index in [1.807, 2.05) is 35.2 Å². The molecule has 2 heterocycles. The van der Waals surface area contributed by atoms with Gasteiger partial charge >= 0.3 is 0 Å². The largest absolute Gasteiger partial charge is 0.311 e. The fraction of sp³-hybridized carbons (Fsp3) is 0.263. The van der Waals surface area contributed by atoms with Crippen LogP contribution in [0.4, 0.5) is 5.69 Å². The smallest absolute Gasteiger partial charge is 0.237 e. The summed E-state index contributed by atoms with van der Waals surface area (Å²) in [4.78, 5) is 14.5. The van der Waals surface area contributed by atoms with Crippen LogP contribution in [-0.4, -0.2) is 38.4 Å². The molecule has 0 unspecified atom stereocenters. The molecule has 0 radical (unpaired) electrons. The molecule has 6 nitrogen and oxygen atoms in total. The number of anilines is 1. The Hall–Kier alpha value is -2.67. The zero-order chi connectivity index (χ0) is 17.9. The highest BCUT2D eigenvalue weighted by Gasteiger charge is 2.24. The monoisotopic (exact) mass is 365 g/mol. The highest BCUT2D eigenvalue weighted by molar-refractivity contribution is 7.99. The molecule has 0 fully saturated rings. The summed E-state index contributed by atoms with van der Waals surface area (Å²) in [6, 6.07) is 16.2. The van der Waals surface area contributed by atoms with Gasteiger partial charge in [-0.2, -0.15) is 4.68 Å². The standard InChI is InChI=1S/C19H19N5OS/c1-2-14-7-9-16(10-8-14)24-19(20-21-22-24)26-13-18(25)23-12-11-15-5-3-4-6-17(15)23/h3-10H,2,11-13H2,1H3. The molecule has 0 spiro atoms. The molecule has 0 N–H and O–H groups in total. The van der Waals surface area contributed by atoms with Crippen LogP contribution >= 0.6 is 11.8 Å². The van der Waals surface area contributed by atoms with Crippen LogP contribution in [-0.2, 0) is 17.6 Å². The third kappa shape index (κ3) is 3.22. The number of fused-ring (bicyclic) bond motifs is 1. The molecule has 2 aromatic carbocycles. The Kier molecular flexibility index (Phi) is 4.71. The number of para-hydroxylation sites is 1. The summed E-state index contributed by atoms with van der Waals surface area (Å²) in [5.41, 5.74) is 4.41. The normalized spacial score (nSPS) is 13.0. The van der Waals surface area contributed by atoms with Gasteiger partial charge in [-0.1, -0.05) is 49.0 Å². The number of hydrogen-bond donors (Lipinski definition) is 0. The first-order valence-electron chi connectivity index (χ1n) is 8.65. The minimum atomic E-state index is 0.0795. The first-order chi connectivity index (χ1) is 12.8. The van der Waals surface area contributed by atoms with E-state index < -0.39 is 0 Å². The molecule has 1 aliphatic rings. The maximum Gasteiger partial charge on any atom is 0.237 e. The number of amides is 1. The average Bonchev–Trinajstić information content (AvgIpc) is 3.33. The van der Waals surface area contributed by atoms with E-state index in [4.69, 9.17) is 0 Å². The first kappa shape index (κ1) is 16.8. The van der Waals surface area contributed by atoms with Gasteiger partial charge in [-0.25, -0.2) is 0 Å². The third-order valence-electron chi connectivity index (χ3n) is 4.54. The molecule has 0 bridgehead atoms. The molecular weight excluding hydrogens is 346 g/mol. The average molecular weight is 365 g/mol. The number of benzene rings is 2. The van der Waals surface area contributed by atoms with E-state index in [2.05, 4.69) is 40.6 Å². The van der Waals surface area contributed by atoms with E-state index in [9.17, 15) is 4.79 Å². The van der Waals surface area contributed by atoms with Crippen molar-refractivity contribution in [3.05, 3.63) is 59.7 Å². The van der Waals surface area contributed by atoms with Crippen molar-refractivity contribution in [2.24, 2.45) is 0 Å². The van der Waals surface area contributed by atoms with Crippen LogP contribution in [0.1, 0.15) is 18.1 Å². The molecular formula is C19H19N5OS. The number of hydrogen-bond acceptors (Lipinski definition) is 5. The van der Waals surface area contributed by atoms with Crippen molar-refractivity contribution >= 4 is 23.4 Å². The molecule has 4 rings (SSSR count). The summed E-state index contributed by atoms with van der Waals surface area (Å²) < 4.78 is 1.68. The quantitative estimate of drug-likeness (QED) is 0.651. The zero-order valence-corrected chi connectivity index (χ0v) is 15.3. The second kappa shape index (κ2) is 7.29. The number of carbonyl (C=O) groups is 1. The third-order valence-corrected chi connectivity index (χ3v) is 5.45. The van der Waals surface area contributed by atoms with Crippen LogP contribution in [0, 0.1) is 0 Å². The Morgan fingerprint density at radius 2 is 1.96 bits per heavy atom. The molecule has 0 aliphatic carbocycles. The predicted molar refractivity (Wildman–Crippen MR) is 102 cm³/mol. The topological polar surface area (TPSA) is 63.9 Å². The van der Waals surface area contributed by atoms with Gasteiger partial charge in [0, 0.05) is 12.2 Å². The zero-order valence-electron chi connectivity index (χ0n) is 14.5. The summed E-state index contributed by atoms with van der Waals surface area (Å²) in [6.45, 7) is 2.86. The molecule has 3 aromatic rings. The fourth-order valence-corrected chi connectivity index (χ4v) is 3.87. The van der Waals surface area contributed by atoms with E-state index in [1.165, 1.54) is 22.9 Å². The Bertz CT molecular complexity index is 922. The molecule has 7 heteroatoms.